The molecular weight excluding hydrogens is 378 g/mol. The molecule has 0 radical (unpaired) electrons. The number of carbonyl (C=O) groups excluding carboxylic acids is 2. The molecule has 2 aromatic carbocycles. The van der Waals surface area contributed by atoms with Crippen LogP contribution in [0.25, 0.3) is 10.6 Å². The summed E-state index contributed by atoms with van der Waals surface area (Å²) in [6.45, 7) is 0. The molecule has 0 aliphatic carbocycles. The minimum atomic E-state index is -1.19. The quantitative estimate of drug-likeness (QED) is 0.523. The van der Waals surface area contributed by atoms with Gasteiger partial charge in [0, 0.05) is 5.56 Å². The van der Waals surface area contributed by atoms with Crippen LogP contribution >= 0.6 is 11.3 Å². The van der Waals surface area contributed by atoms with Gasteiger partial charge in [-0.15, -0.1) is 10.2 Å². The molecule has 2 amide bonds. The van der Waals surface area contributed by atoms with Crippen LogP contribution in [0.15, 0.2) is 54.6 Å². The van der Waals surface area contributed by atoms with E-state index in [-0.39, 0.29) is 12.3 Å². The first-order chi connectivity index (χ1) is 13.5. The van der Waals surface area contributed by atoms with E-state index in [0.29, 0.717) is 10.1 Å². The van der Waals surface area contributed by atoms with E-state index in [1.807, 2.05) is 54.6 Å². The molecule has 0 spiro atoms. The molecule has 3 aromatic rings. The summed E-state index contributed by atoms with van der Waals surface area (Å²) in [4.78, 5) is 24.2. The molecule has 0 aliphatic heterocycles. The predicted molar refractivity (Wildman–Crippen MR) is 107 cm³/mol. The fourth-order valence-corrected chi connectivity index (χ4v) is 3.13. The van der Waals surface area contributed by atoms with Crippen LogP contribution in [0.5, 0.6) is 5.75 Å². The predicted octanol–water partition coefficient (Wildman–Crippen LogP) is 1.80. The van der Waals surface area contributed by atoms with Crippen LogP contribution in [-0.2, 0) is 16.0 Å². The second-order valence-corrected chi connectivity index (χ2v) is 6.82. The van der Waals surface area contributed by atoms with E-state index in [1.54, 1.807) is 7.11 Å². The Bertz CT molecular complexity index is 944. The molecular formula is C19H19N5O3S. The van der Waals surface area contributed by atoms with Gasteiger partial charge in [-0.05, 0) is 29.8 Å². The van der Waals surface area contributed by atoms with Crippen molar-refractivity contribution in [1.82, 2.24) is 15.5 Å². The molecule has 1 atom stereocenters. The number of nitrogens with one attached hydrogen (secondary N) is 2. The molecule has 1 aromatic heterocycles. The van der Waals surface area contributed by atoms with Gasteiger partial charge in [0.2, 0.25) is 11.0 Å². The number of benzene rings is 2. The zero-order valence-corrected chi connectivity index (χ0v) is 15.9. The van der Waals surface area contributed by atoms with Crippen molar-refractivity contribution in [2.45, 2.75) is 12.6 Å². The fourth-order valence-electron chi connectivity index (χ4n) is 2.38. The van der Waals surface area contributed by atoms with Gasteiger partial charge in [-0.3, -0.25) is 14.9 Å². The van der Waals surface area contributed by atoms with Gasteiger partial charge < -0.3 is 15.8 Å². The lowest BCUT2D eigenvalue weighted by molar-refractivity contribution is -0.126. The summed E-state index contributed by atoms with van der Waals surface area (Å²) in [6.07, 6.45) is -1.05. The summed E-state index contributed by atoms with van der Waals surface area (Å²) in [5, 5.41) is 14.0. The van der Waals surface area contributed by atoms with Crippen molar-refractivity contribution in [3.05, 3.63) is 60.2 Å². The maximum absolute atomic E-state index is 12.2. The Balaban J connectivity index is 1.55. The van der Waals surface area contributed by atoms with E-state index >= 15 is 0 Å². The van der Waals surface area contributed by atoms with Crippen molar-refractivity contribution in [3.63, 3.8) is 0 Å². The van der Waals surface area contributed by atoms with Crippen LogP contribution in [0.1, 0.15) is 5.56 Å². The van der Waals surface area contributed by atoms with Crippen LogP contribution in [0.2, 0.25) is 0 Å². The minimum Gasteiger partial charge on any atom is -0.497 e. The lowest BCUT2D eigenvalue weighted by atomic mass is 10.1. The second kappa shape index (κ2) is 9.07. The number of ether oxygens (including phenoxy) is 1. The van der Waals surface area contributed by atoms with Gasteiger partial charge in [0.15, 0.2) is 6.17 Å². The normalized spacial score (nSPS) is 11.5. The zero-order valence-electron chi connectivity index (χ0n) is 15.1. The summed E-state index contributed by atoms with van der Waals surface area (Å²) in [5.74, 6) is -0.178. The lowest BCUT2D eigenvalue weighted by Gasteiger charge is -2.12. The Hall–Kier alpha value is -3.30. The van der Waals surface area contributed by atoms with Gasteiger partial charge in [-0.1, -0.05) is 41.7 Å². The average Bonchev–Trinajstić information content (AvgIpc) is 3.17. The molecule has 1 unspecified atom stereocenters. The molecule has 4 N–H and O–H groups in total. The summed E-state index contributed by atoms with van der Waals surface area (Å²) in [5.41, 5.74) is 7.45. The number of aromatic nitrogens is 2. The first kappa shape index (κ1) is 19.5. The van der Waals surface area contributed by atoms with Crippen molar-refractivity contribution in [2.75, 3.05) is 12.4 Å². The average molecular weight is 397 g/mol. The number of anilines is 1. The highest BCUT2D eigenvalue weighted by Gasteiger charge is 2.18. The monoisotopic (exact) mass is 397 g/mol. The zero-order chi connectivity index (χ0) is 19.9. The second-order valence-electron chi connectivity index (χ2n) is 5.84. The van der Waals surface area contributed by atoms with E-state index in [0.717, 1.165) is 16.9 Å². The number of amides is 2. The van der Waals surface area contributed by atoms with Gasteiger partial charge >= 0.3 is 0 Å². The highest BCUT2D eigenvalue weighted by molar-refractivity contribution is 7.18. The molecule has 28 heavy (non-hydrogen) atoms. The molecule has 0 saturated carbocycles. The number of nitrogens with two attached hydrogens (primary N) is 1. The van der Waals surface area contributed by atoms with E-state index < -0.39 is 12.1 Å². The van der Waals surface area contributed by atoms with Crippen molar-refractivity contribution < 1.29 is 14.3 Å². The Morgan fingerprint density at radius 2 is 1.82 bits per heavy atom. The summed E-state index contributed by atoms with van der Waals surface area (Å²) >= 11 is 1.20. The van der Waals surface area contributed by atoms with Gasteiger partial charge in [0.25, 0.3) is 5.91 Å². The first-order valence-corrected chi connectivity index (χ1v) is 9.24. The molecule has 0 fully saturated rings. The largest absolute Gasteiger partial charge is 0.497 e. The molecule has 0 aliphatic rings. The Morgan fingerprint density at radius 3 is 2.50 bits per heavy atom. The third kappa shape index (κ3) is 5.12. The molecule has 8 nitrogen and oxygen atoms in total. The van der Waals surface area contributed by atoms with Gasteiger partial charge in [-0.2, -0.15) is 0 Å². The van der Waals surface area contributed by atoms with Crippen molar-refractivity contribution >= 4 is 28.3 Å². The summed E-state index contributed by atoms with van der Waals surface area (Å²) < 4.78 is 5.12. The summed E-state index contributed by atoms with van der Waals surface area (Å²) in [6, 6.07) is 16.5. The number of hydrogen-bond donors (Lipinski definition) is 3. The number of nitrogens with zero attached hydrogens (tertiary/aromatic N) is 2. The minimum absolute atomic E-state index is 0.141. The highest BCUT2D eigenvalue weighted by Crippen LogP contribution is 2.27. The SMILES string of the molecule is COc1ccc(-c2nnc(NC(=O)C(N)NC(=O)Cc3ccccc3)s2)cc1. The van der Waals surface area contributed by atoms with Crippen molar-refractivity contribution in [2.24, 2.45) is 5.73 Å². The fraction of sp³-hybridized carbons (Fsp3) is 0.158. The third-order valence-electron chi connectivity index (χ3n) is 3.80. The number of methoxy groups -OCH3 is 1. The maximum Gasteiger partial charge on any atom is 0.263 e. The van der Waals surface area contributed by atoms with Crippen molar-refractivity contribution in [1.29, 1.82) is 0 Å². The van der Waals surface area contributed by atoms with Crippen LogP contribution in [0, 0.1) is 0 Å². The van der Waals surface area contributed by atoms with E-state index in [9.17, 15) is 9.59 Å². The molecule has 3 rings (SSSR count). The van der Waals surface area contributed by atoms with E-state index in [4.69, 9.17) is 10.5 Å². The number of rotatable bonds is 7. The third-order valence-corrected chi connectivity index (χ3v) is 4.69. The number of hydrogen-bond acceptors (Lipinski definition) is 7. The van der Waals surface area contributed by atoms with Crippen molar-refractivity contribution in [3.8, 4) is 16.3 Å². The topological polar surface area (TPSA) is 119 Å². The van der Waals surface area contributed by atoms with Crippen LogP contribution in [0.3, 0.4) is 0 Å². The maximum atomic E-state index is 12.2. The van der Waals surface area contributed by atoms with Crippen LogP contribution in [0.4, 0.5) is 5.13 Å². The Labute approximate surface area is 165 Å². The summed E-state index contributed by atoms with van der Waals surface area (Å²) in [7, 11) is 1.59. The van der Waals surface area contributed by atoms with E-state index in [2.05, 4.69) is 20.8 Å². The molecule has 1 heterocycles. The van der Waals surface area contributed by atoms with Crippen LogP contribution < -0.4 is 21.1 Å². The molecule has 0 bridgehead atoms. The molecule has 9 heteroatoms. The Kier molecular flexibility index (Phi) is 6.30. The molecule has 144 valence electrons. The van der Waals surface area contributed by atoms with Crippen LogP contribution in [-0.4, -0.2) is 35.3 Å². The smallest absolute Gasteiger partial charge is 0.263 e. The lowest BCUT2D eigenvalue weighted by Crippen LogP contribution is -2.50. The molecule has 0 saturated heterocycles. The standard InChI is InChI=1S/C19H19N5O3S/c1-27-14-9-7-13(8-10-14)18-23-24-19(28-18)22-17(26)16(20)21-15(25)11-12-5-3-2-4-6-12/h2-10,16H,11,20H2,1H3,(H,21,25)(H,22,24,26). The first-order valence-electron chi connectivity index (χ1n) is 8.43. The Morgan fingerprint density at radius 1 is 1.11 bits per heavy atom. The highest BCUT2D eigenvalue weighted by atomic mass is 32.1. The number of carbonyl (C=O) groups is 2. The van der Waals surface area contributed by atoms with Gasteiger partial charge in [0.1, 0.15) is 10.8 Å². The van der Waals surface area contributed by atoms with Gasteiger partial charge in [0.05, 0.1) is 13.5 Å². The van der Waals surface area contributed by atoms with E-state index in [1.165, 1.54) is 11.3 Å². The van der Waals surface area contributed by atoms with Gasteiger partial charge in [-0.25, -0.2) is 0 Å².